The zero-order chi connectivity index (χ0) is 52.1. The molecule has 1 heterocycles. The Morgan fingerprint density at radius 2 is 0.867 bits per heavy atom. The van der Waals surface area contributed by atoms with Gasteiger partial charge in [-0.2, -0.15) is 0 Å². The van der Waals surface area contributed by atoms with Crippen LogP contribution in [-0.2, 0) is 0 Å². The van der Waals surface area contributed by atoms with E-state index in [1.807, 2.05) is 0 Å². The summed E-state index contributed by atoms with van der Waals surface area (Å²) in [6.07, 6.45) is 0. The standard InChI is InChI=1S/C44H26O/c1-2-13-29-26-41-39(25-28(29)12-1)44-38(21-10-22-40(44)45-41)43-36-17-7-5-15-34(36)42(35-16-6-8-18-37(35)43)33-20-9-19-31-30-14-4-3-11-27(30)23-24-32(31)33/h1-26H/i1D,2D,3D,4D,5D,6D,7D,8D,9D,10D,11D,12D,13D,14D,15D,16D,17D,18D,19D,20D,21D,22D,23D,24D,25D,26D. The van der Waals surface area contributed by atoms with E-state index in [2.05, 4.69) is 0 Å². The van der Waals surface area contributed by atoms with E-state index in [9.17, 15) is 12.3 Å². The number of rotatable bonds is 2. The molecule has 9 aromatic carbocycles. The van der Waals surface area contributed by atoms with Crippen LogP contribution in [-0.4, -0.2) is 0 Å². The van der Waals surface area contributed by atoms with Gasteiger partial charge in [0.15, 0.2) is 0 Å². The second-order valence-corrected chi connectivity index (χ2v) is 10.0. The summed E-state index contributed by atoms with van der Waals surface area (Å²) in [5, 5.41) is -7.16. The zero-order valence-electron chi connectivity index (χ0n) is 48.4. The summed E-state index contributed by atoms with van der Waals surface area (Å²) in [6, 6.07) is -23.0. The van der Waals surface area contributed by atoms with Crippen molar-refractivity contribution in [1.29, 1.82) is 0 Å². The molecule has 0 fully saturated rings. The Balaban J connectivity index is 1.59. The fourth-order valence-corrected chi connectivity index (χ4v) is 5.85. The van der Waals surface area contributed by atoms with Gasteiger partial charge in [0.25, 0.3) is 0 Å². The molecule has 1 heteroatoms. The Hall–Kier alpha value is -5.92. The van der Waals surface area contributed by atoms with E-state index in [1.54, 1.807) is 0 Å². The third-order valence-electron chi connectivity index (χ3n) is 7.70. The third kappa shape index (κ3) is 3.50. The smallest absolute Gasteiger partial charge is 0.136 e. The molecule has 0 amide bonds. The quantitative estimate of drug-likeness (QED) is 0.143. The number of benzene rings is 9. The summed E-state index contributed by atoms with van der Waals surface area (Å²) >= 11 is 0. The Labute approximate surface area is 296 Å². The van der Waals surface area contributed by atoms with E-state index >= 15 is 0 Å². The van der Waals surface area contributed by atoms with Crippen molar-refractivity contribution in [3.63, 3.8) is 0 Å². The lowest BCUT2D eigenvalue weighted by Crippen LogP contribution is -1.92. The molecule has 0 aliphatic carbocycles. The highest BCUT2D eigenvalue weighted by molar-refractivity contribution is 6.28. The molecule has 45 heavy (non-hydrogen) atoms. The summed E-state index contributed by atoms with van der Waals surface area (Å²) in [6.45, 7) is 0. The van der Waals surface area contributed by atoms with Crippen molar-refractivity contribution in [2.24, 2.45) is 0 Å². The van der Waals surface area contributed by atoms with Crippen LogP contribution < -0.4 is 0 Å². The van der Waals surface area contributed by atoms with Gasteiger partial charge in [0.2, 0.25) is 0 Å². The molecule has 0 bridgehead atoms. The Morgan fingerprint density at radius 3 is 1.58 bits per heavy atom. The number of furan rings is 1. The molecular weight excluding hydrogens is 544 g/mol. The molecule has 0 saturated heterocycles. The summed E-state index contributed by atoms with van der Waals surface area (Å²) in [5.74, 6) is 0. The normalized spacial score (nSPS) is 20.1. The monoisotopic (exact) mass is 596 g/mol. The topological polar surface area (TPSA) is 13.1 Å². The van der Waals surface area contributed by atoms with Gasteiger partial charge in [-0.1, -0.05) is 139 Å². The average Bonchev–Trinajstić information content (AvgIpc) is 3.75. The van der Waals surface area contributed by atoms with E-state index < -0.39 is 255 Å². The number of hydrogen-bond donors (Lipinski definition) is 0. The van der Waals surface area contributed by atoms with Crippen molar-refractivity contribution in [1.82, 2.24) is 0 Å². The van der Waals surface area contributed by atoms with Crippen molar-refractivity contribution in [3.05, 3.63) is 157 Å². The third-order valence-corrected chi connectivity index (χ3v) is 7.70. The first-order chi connectivity index (χ1) is 33.2. The summed E-state index contributed by atoms with van der Waals surface area (Å²) in [7, 11) is 0. The zero-order valence-corrected chi connectivity index (χ0v) is 22.4. The predicted molar refractivity (Wildman–Crippen MR) is 192 cm³/mol. The van der Waals surface area contributed by atoms with Crippen LogP contribution in [0.4, 0.5) is 0 Å². The van der Waals surface area contributed by atoms with Gasteiger partial charge in [-0.15, -0.1) is 0 Å². The molecular formula is C44H26O. The van der Waals surface area contributed by atoms with Crippen LogP contribution in [0.25, 0.3) is 98.1 Å². The van der Waals surface area contributed by atoms with Gasteiger partial charge in [-0.3, -0.25) is 0 Å². The largest absolute Gasteiger partial charge is 0.456 e. The highest BCUT2D eigenvalue weighted by atomic mass is 16.3. The SMILES string of the molecule is [2H]c1c([2H])c(-c2c3c([2H])c([2H])c([2H])c([2H])c3c(-c3c([2H])c([2H])c([2H])c4c3c([2H])c([2H])c3c([2H])c([2H])c([2H])c([2H])c34)c3c([2H])c([2H])c([2H])c([2H])c23)c2c(oc3c([2H])c4c([2H])c([2H])c([2H])c([2H])c4c([2H])c32)c1[2H]. The number of hydrogen-bond acceptors (Lipinski definition) is 1. The van der Waals surface area contributed by atoms with Crippen LogP contribution in [0.3, 0.4) is 0 Å². The van der Waals surface area contributed by atoms with Crippen molar-refractivity contribution in [2.75, 3.05) is 0 Å². The average molecular weight is 597 g/mol. The van der Waals surface area contributed by atoms with Crippen LogP contribution in [0.2, 0.25) is 0 Å². The Bertz CT molecular complexity index is 4210. The minimum Gasteiger partial charge on any atom is -0.456 e. The molecule has 0 radical (unpaired) electrons. The molecule has 0 aliphatic heterocycles. The second-order valence-electron chi connectivity index (χ2n) is 10.0. The first kappa shape index (κ1) is 10.3. The first-order valence-corrected chi connectivity index (χ1v) is 13.4. The van der Waals surface area contributed by atoms with Crippen LogP contribution in [0.15, 0.2) is 162 Å². The Kier molecular flexibility index (Phi) is 2.13. The van der Waals surface area contributed by atoms with Gasteiger partial charge in [0.05, 0.1) is 35.6 Å². The van der Waals surface area contributed by atoms with E-state index in [0.717, 1.165) is 0 Å². The molecule has 208 valence electrons. The van der Waals surface area contributed by atoms with Crippen molar-refractivity contribution in [2.45, 2.75) is 0 Å². The van der Waals surface area contributed by atoms with E-state index in [0.29, 0.717) is 0 Å². The molecule has 0 saturated carbocycles. The highest BCUT2D eigenvalue weighted by Crippen LogP contribution is 2.48. The van der Waals surface area contributed by atoms with Crippen molar-refractivity contribution >= 4 is 75.8 Å². The molecule has 0 unspecified atom stereocenters. The summed E-state index contributed by atoms with van der Waals surface area (Å²) in [5.41, 5.74) is -3.99. The Morgan fingerprint density at radius 1 is 0.333 bits per heavy atom. The minimum absolute atomic E-state index is 0.472. The molecule has 0 spiro atoms. The summed E-state index contributed by atoms with van der Waals surface area (Å²) in [4.78, 5) is 0. The molecule has 0 N–H and O–H groups in total. The maximum absolute atomic E-state index is 9.56. The van der Waals surface area contributed by atoms with Gasteiger partial charge in [0.1, 0.15) is 11.2 Å². The van der Waals surface area contributed by atoms with Gasteiger partial charge in [0, 0.05) is 10.8 Å². The lowest BCUT2D eigenvalue weighted by molar-refractivity contribution is 0.669. The number of fused-ring (bicyclic) bond motifs is 9. The second kappa shape index (κ2) is 9.29. The fourth-order valence-electron chi connectivity index (χ4n) is 5.85. The van der Waals surface area contributed by atoms with E-state index in [-0.39, 0.29) is 0 Å². The van der Waals surface area contributed by atoms with Crippen molar-refractivity contribution < 1.29 is 40.1 Å². The van der Waals surface area contributed by atoms with Crippen molar-refractivity contribution in [3.8, 4) is 22.3 Å². The molecule has 1 nitrogen and oxygen atoms in total. The maximum atomic E-state index is 9.56. The van der Waals surface area contributed by atoms with Crippen LogP contribution >= 0.6 is 0 Å². The molecule has 0 atom stereocenters. The minimum atomic E-state index is -0.986. The van der Waals surface area contributed by atoms with E-state index in [4.69, 9.17) is 27.7 Å². The van der Waals surface area contributed by atoms with Crippen LogP contribution in [0.5, 0.6) is 0 Å². The lowest BCUT2D eigenvalue weighted by atomic mass is 9.83. The fraction of sp³-hybridized carbons (Fsp3) is 0. The predicted octanol–water partition coefficient (Wildman–Crippen LogP) is 12.7. The molecule has 0 aliphatic rings. The van der Waals surface area contributed by atoms with Gasteiger partial charge < -0.3 is 4.42 Å². The lowest BCUT2D eigenvalue weighted by Gasteiger charge is -2.19. The van der Waals surface area contributed by atoms with Crippen LogP contribution in [0.1, 0.15) is 35.6 Å². The molecule has 1 aromatic heterocycles. The summed E-state index contributed by atoms with van der Waals surface area (Å²) < 4.78 is 241. The van der Waals surface area contributed by atoms with Crippen LogP contribution in [0, 0.1) is 0 Å². The van der Waals surface area contributed by atoms with Gasteiger partial charge >= 0.3 is 0 Å². The first-order valence-electron chi connectivity index (χ1n) is 26.4. The van der Waals surface area contributed by atoms with E-state index in [1.165, 1.54) is 0 Å². The maximum Gasteiger partial charge on any atom is 0.136 e. The highest BCUT2D eigenvalue weighted by Gasteiger charge is 2.21. The van der Waals surface area contributed by atoms with Gasteiger partial charge in [-0.05, 0) is 94.2 Å². The van der Waals surface area contributed by atoms with Gasteiger partial charge in [-0.25, -0.2) is 0 Å². The molecule has 10 aromatic rings. The molecule has 10 rings (SSSR count).